The normalized spacial score (nSPS) is 11.2. The van der Waals surface area contributed by atoms with Crippen LogP contribution in [0.1, 0.15) is 5.56 Å². The van der Waals surface area contributed by atoms with Gasteiger partial charge in [0.15, 0.2) is 5.82 Å². The highest BCUT2D eigenvalue weighted by Crippen LogP contribution is 2.28. The molecule has 102 valence electrons. The van der Waals surface area contributed by atoms with Crippen LogP contribution in [0.2, 0.25) is 0 Å². The predicted molar refractivity (Wildman–Crippen MR) is 82.9 cm³/mol. The van der Waals surface area contributed by atoms with Crippen molar-refractivity contribution in [2.24, 2.45) is 0 Å². The van der Waals surface area contributed by atoms with Crippen LogP contribution in [0.3, 0.4) is 0 Å². The number of halogens is 3. The lowest BCUT2D eigenvalue weighted by Crippen LogP contribution is -2.06. The van der Waals surface area contributed by atoms with E-state index in [-0.39, 0.29) is 11.6 Å². The Balaban J connectivity index is 2.41. The number of rotatable bonds is 1. The molecule has 0 saturated carbocycles. The lowest BCUT2D eigenvalue weighted by molar-refractivity contribution is 0.566. The number of hydrogen-bond acceptors (Lipinski definition) is 2. The van der Waals surface area contributed by atoms with Crippen LogP contribution in [0, 0.1) is 22.1 Å². The number of fused-ring (bicyclic) bond motifs is 1. The van der Waals surface area contributed by atoms with E-state index in [1.54, 1.807) is 13.0 Å². The highest BCUT2D eigenvalue weighted by atomic mass is 127. The summed E-state index contributed by atoms with van der Waals surface area (Å²) in [4.78, 5) is 4.16. The number of nitrogen functional groups attached to an aromatic ring is 1. The molecule has 3 rings (SSSR count). The minimum Gasteiger partial charge on any atom is -0.369 e. The Kier molecular flexibility index (Phi) is 3.12. The molecule has 0 saturated heterocycles. The zero-order valence-corrected chi connectivity index (χ0v) is 12.6. The Morgan fingerprint density at radius 3 is 2.70 bits per heavy atom. The average molecular weight is 385 g/mol. The summed E-state index contributed by atoms with van der Waals surface area (Å²) in [6.07, 6.45) is 0. The highest BCUT2D eigenvalue weighted by molar-refractivity contribution is 14.1. The molecule has 0 bridgehead atoms. The number of imidazole rings is 1. The summed E-state index contributed by atoms with van der Waals surface area (Å²) in [5.74, 6) is -1.24. The standard InChI is InChI=1S/C14H10F2IN3/c1-7-2-4-9(15)13(12(7)16)20-11-5-3-8(17)6-10(11)19-14(20)18/h2-6H,1H3,(H2,18,19). The summed E-state index contributed by atoms with van der Waals surface area (Å²) in [7, 11) is 0. The Hall–Kier alpha value is -1.70. The lowest BCUT2D eigenvalue weighted by Gasteiger charge is -2.10. The van der Waals surface area contributed by atoms with Gasteiger partial charge in [-0.25, -0.2) is 13.8 Å². The minimum absolute atomic E-state index is 0.0606. The summed E-state index contributed by atoms with van der Waals surface area (Å²) >= 11 is 2.14. The van der Waals surface area contributed by atoms with Gasteiger partial charge >= 0.3 is 0 Å². The van der Waals surface area contributed by atoms with Crippen molar-refractivity contribution in [3.8, 4) is 5.69 Å². The molecular weight excluding hydrogens is 375 g/mol. The van der Waals surface area contributed by atoms with E-state index in [0.29, 0.717) is 16.6 Å². The molecule has 1 aromatic heterocycles. The van der Waals surface area contributed by atoms with E-state index in [1.165, 1.54) is 16.7 Å². The van der Waals surface area contributed by atoms with Crippen molar-refractivity contribution >= 4 is 39.6 Å². The molecule has 0 atom stereocenters. The maximum atomic E-state index is 14.3. The minimum atomic E-state index is -0.669. The van der Waals surface area contributed by atoms with Gasteiger partial charge in [0.05, 0.1) is 11.0 Å². The molecule has 3 aromatic rings. The Labute approximate surface area is 127 Å². The van der Waals surface area contributed by atoms with Gasteiger partial charge in [-0.05, 0) is 59.3 Å². The molecule has 6 heteroatoms. The third-order valence-corrected chi connectivity index (χ3v) is 3.80. The van der Waals surface area contributed by atoms with E-state index in [1.807, 2.05) is 12.1 Å². The molecule has 1 heterocycles. The lowest BCUT2D eigenvalue weighted by atomic mass is 10.2. The summed E-state index contributed by atoms with van der Waals surface area (Å²) < 4.78 is 30.6. The van der Waals surface area contributed by atoms with E-state index in [2.05, 4.69) is 27.6 Å². The van der Waals surface area contributed by atoms with Gasteiger partial charge in [0.1, 0.15) is 11.5 Å². The van der Waals surface area contributed by atoms with E-state index < -0.39 is 11.6 Å². The number of anilines is 1. The number of nitrogens with two attached hydrogens (primary N) is 1. The molecule has 3 nitrogen and oxygen atoms in total. The van der Waals surface area contributed by atoms with E-state index >= 15 is 0 Å². The van der Waals surface area contributed by atoms with Crippen molar-refractivity contribution in [1.82, 2.24) is 9.55 Å². The summed E-state index contributed by atoms with van der Waals surface area (Å²) in [6.45, 7) is 1.58. The first-order valence-corrected chi connectivity index (χ1v) is 6.95. The van der Waals surface area contributed by atoms with Crippen LogP contribution < -0.4 is 5.73 Å². The summed E-state index contributed by atoms with van der Waals surface area (Å²) in [6, 6.07) is 8.03. The van der Waals surface area contributed by atoms with Crippen LogP contribution in [0.4, 0.5) is 14.7 Å². The molecule has 0 unspecified atom stereocenters. The summed E-state index contributed by atoms with van der Waals surface area (Å²) in [5, 5.41) is 0. The third kappa shape index (κ3) is 1.94. The van der Waals surface area contributed by atoms with Gasteiger partial charge in [-0.1, -0.05) is 6.07 Å². The molecule has 0 fully saturated rings. The van der Waals surface area contributed by atoms with Crippen LogP contribution in [-0.2, 0) is 0 Å². The zero-order chi connectivity index (χ0) is 14.4. The zero-order valence-electron chi connectivity index (χ0n) is 10.5. The SMILES string of the molecule is Cc1ccc(F)c(-n2c(N)nc3cc(I)ccc32)c1F. The maximum absolute atomic E-state index is 14.3. The summed E-state index contributed by atoms with van der Waals surface area (Å²) in [5.41, 5.74) is 7.19. The predicted octanol–water partition coefficient (Wildman–Crippen LogP) is 3.80. The van der Waals surface area contributed by atoms with E-state index in [9.17, 15) is 8.78 Å². The van der Waals surface area contributed by atoms with Crippen molar-refractivity contribution < 1.29 is 8.78 Å². The van der Waals surface area contributed by atoms with Gasteiger partial charge in [0.25, 0.3) is 0 Å². The molecule has 0 aliphatic carbocycles. The number of benzene rings is 2. The number of nitrogens with zero attached hydrogens (tertiary/aromatic N) is 2. The smallest absolute Gasteiger partial charge is 0.206 e. The molecule has 2 N–H and O–H groups in total. The monoisotopic (exact) mass is 385 g/mol. The second-order valence-electron chi connectivity index (χ2n) is 4.47. The van der Waals surface area contributed by atoms with Gasteiger partial charge in [-0.2, -0.15) is 0 Å². The van der Waals surface area contributed by atoms with Crippen molar-refractivity contribution in [3.05, 3.63) is 51.1 Å². The van der Waals surface area contributed by atoms with Gasteiger partial charge in [-0.15, -0.1) is 0 Å². The first-order valence-electron chi connectivity index (χ1n) is 5.87. The van der Waals surface area contributed by atoms with Crippen LogP contribution in [-0.4, -0.2) is 9.55 Å². The fraction of sp³-hybridized carbons (Fsp3) is 0.0714. The number of aromatic nitrogens is 2. The van der Waals surface area contributed by atoms with Crippen LogP contribution in [0.25, 0.3) is 16.7 Å². The topological polar surface area (TPSA) is 43.8 Å². The van der Waals surface area contributed by atoms with Gasteiger partial charge in [-0.3, -0.25) is 4.57 Å². The number of aryl methyl sites for hydroxylation is 1. The average Bonchev–Trinajstić information content (AvgIpc) is 2.70. The second kappa shape index (κ2) is 4.69. The third-order valence-electron chi connectivity index (χ3n) is 3.13. The molecule has 0 aliphatic heterocycles. The van der Waals surface area contributed by atoms with Crippen LogP contribution >= 0.6 is 22.6 Å². The van der Waals surface area contributed by atoms with Crippen LogP contribution in [0.15, 0.2) is 30.3 Å². The van der Waals surface area contributed by atoms with Crippen molar-refractivity contribution in [2.45, 2.75) is 6.92 Å². The molecule has 0 radical (unpaired) electrons. The Morgan fingerprint density at radius 2 is 1.95 bits per heavy atom. The van der Waals surface area contributed by atoms with Crippen molar-refractivity contribution in [3.63, 3.8) is 0 Å². The Morgan fingerprint density at radius 1 is 1.20 bits per heavy atom. The van der Waals surface area contributed by atoms with Gasteiger partial charge in [0, 0.05) is 3.57 Å². The fourth-order valence-corrected chi connectivity index (χ4v) is 2.63. The Bertz CT molecular complexity index is 827. The molecule has 20 heavy (non-hydrogen) atoms. The largest absolute Gasteiger partial charge is 0.369 e. The van der Waals surface area contributed by atoms with E-state index in [0.717, 1.165) is 3.57 Å². The quantitative estimate of drug-likeness (QED) is 0.648. The maximum Gasteiger partial charge on any atom is 0.206 e. The van der Waals surface area contributed by atoms with Gasteiger partial charge in [0.2, 0.25) is 5.95 Å². The number of hydrogen-bond donors (Lipinski definition) is 1. The molecule has 2 aromatic carbocycles. The molecule has 0 spiro atoms. The second-order valence-corrected chi connectivity index (χ2v) is 5.71. The molecule has 0 aliphatic rings. The van der Waals surface area contributed by atoms with E-state index in [4.69, 9.17) is 5.73 Å². The van der Waals surface area contributed by atoms with Gasteiger partial charge < -0.3 is 5.73 Å². The van der Waals surface area contributed by atoms with Crippen LogP contribution in [0.5, 0.6) is 0 Å². The molecular formula is C14H10F2IN3. The molecule has 0 amide bonds. The highest BCUT2D eigenvalue weighted by Gasteiger charge is 2.19. The first kappa shape index (κ1) is 13.3. The fourth-order valence-electron chi connectivity index (χ4n) is 2.15. The first-order chi connectivity index (χ1) is 9.49. The van der Waals surface area contributed by atoms with Crippen molar-refractivity contribution in [2.75, 3.05) is 5.73 Å². The van der Waals surface area contributed by atoms with Crippen molar-refractivity contribution in [1.29, 1.82) is 0 Å².